The minimum Gasteiger partial charge on any atom is -0.358 e. The Morgan fingerprint density at radius 1 is 0.865 bits per heavy atom. The van der Waals surface area contributed by atoms with Gasteiger partial charge in [0, 0.05) is 41.6 Å². The zero-order valence-corrected chi connectivity index (χ0v) is 20.2. The molecule has 2 aliphatic rings. The van der Waals surface area contributed by atoms with Crippen molar-refractivity contribution in [1.82, 2.24) is 25.1 Å². The van der Waals surface area contributed by atoms with Crippen LogP contribution in [0.25, 0.3) is 33.2 Å². The minimum absolute atomic E-state index is 0.230. The van der Waals surface area contributed by atoms with E-state index < -0.39 is 0 Å². The molecule has 7 nitrogen and oxygen atoms in total. The summed E-state index contributed by atoms with van der Waals surface area (Å²) in [5.74, 6) is -0.274. The molecule has 0 radical (unpaired) electrons. The van der Waals surface area contributed by atoms with Crippen LogP contribution < -0.4 is 10.6 Å². The molecule has 5 aromatic rings. The Labute approximate surface area is 213 Å². The van der Waals surface area contributed by atoms with Gasteiger partial charge >= 0.3 is 0 Å². The summed E-state index contributed by atoms with van der Waals surface area (Å²) in [7, 11) is 0. The molecule has 1 saturated heterocycles. The Morgan fingerprint density at radius 2 is 1.76 bits per heavy atom. The van der Waals surface area contributed by atoms with Crippen LogP contribution in [0.1, 0.15) is 30.3 Å². The first kappa shape index (κ1) is 21.9. The molecular weight excluding hydrogens is 465 g/mol. The third-order valence-corrected chi connectivity index (χ3v) is 7.28. The van der Waals surface area contributed by atoms with Crippen LogP contribution >= 0.6 is 0 Å². The third-order valence-electron chi connectivity index (χ3n) is 7.28. The number of likely N-dealkylation sites (tertiary alicyclic amines) is 1. The van der Waals surface area contributed by atoms with E-state index in [1.165, 1.54) is 30.5 Å². The quantitative estimate of drug-likeness (QED) is 0.282. The molecule has 5 heterocycles. The molecule has 0 saturated carbocycles. The largest absolute Gasteiger partial charge is 0.358 e. The highest BCUT2D eigenvalue weighted by molar-refractivity contribution is 5.92. The zero-order chi connectivity index (χ0) is 24.8. The number of nitrogens with zero attached hydrogens (tertiary/aromatic N) is 4. The van der Waals surface area contributed by atoms with Gasteiger partial charge in [-0.05, 0) is 73.0 Å². The fourth-order valence-electron chi connectivity index (χ4n) is 5.44. The van der Waals surface area contributed by atoms with Gasteiger partial charge in [-0.3, -0.25) is 20.0 Å². The lowest BCUT2D eigenvalue weighted by Crippen LogP contribution is -2.18. The lowest BCUT2D eigenvalue weighted by atomic mass is 10.0. The number of rotatable bonds is 5. The van der Waals surface area contributed by atoms with E-state index in [0.717, 1.165) is 69.9 Å². The topological polar surface area (TPSA) is 81.8 Å². The number of aromatic amines is 1. The van der Waals surface area contributed by atoms with Crippen LogP contribution in [0.5, 0.6) is 0 Å². The van der Waals surface area contributed by atoms with Crippen molar-refractivity contribution >= 4 is 22.3 Å². The molecule has 1 unspecified atom stereocenters. The van der Waals surface area contributed by atoms with Crippen molar-refractivity contribution in [2.24, 2.45) is 0 Å². The van der Waals surface area contributed by atoms with Gasteiger partial charge in [-0.1, -0.05) is 18.2 Å². The second-order valence-corrected chi connectivity index (χ2v) is 9.78. The first-order valence-electron chi connectivity index (χ1n) is 12.6. The highest BCUT2D eigenvalue weighted by Crippen LogP contribution is 2.42. The summed E-state index contributed by atoms with van der Waals surface area (Å²) < 4.78 is 13.9. The average Bonchev–Trinajstić information content (AvgIpc) is 3.67. The van der Waals surface area contributed by atoms with E-state index in [9.17, 15) is 4.39 Å². The molecule has 0 spiro atoms. The van der Waals surface area contributed by atoms with Gasteiger partial charge in [-0.15, -0.1) is 0 Å². The summed E-state index contributed by atoms with van der Waals surface area (Å²) in [6, 6.07) is 15.1. The highest BCUT2D eigenvalue weighted by atomic mass is 19.1. The fraction of sp³-hybridized carbons (Fsp3) is 0.207. The second kappa shape index (κ2) is 8.97. The maximum absolute atomic E-state index is 13.9. The van der Waals surface area contributed by atoms with Crippen molar-refractivity contribution in [3.05, 3.63) is 90.4 Å². The predicted octanol–water partition coefficient (Wildman–Crippen LogP) is 5.96. The van der Waals surface area contributed by atoms with Gasteiger partial charge in [0.15, 0.2) is 0 Å². The molecule has 37 heavy (non-hydrogen) atoms. The number of benzene rings is 2. The average molecular weight is 492 g/mol. The Morgan fingerprint density at radius 3 is 2.65 bits per heavy atom. The summed E-state index contributed by atoms with van der Waals surface area (Å²) in [6.45, 7) is 3.26. The van der Waals surface area contributed by atoms with Gasteiger partial charge in [0.25, 0.3) is 0 Å². The molecular formula is C29H26FN7. The first-order chi connectivity index (χ1) is 18.2. The van der Waals surface area contributed by atoms with Gasteiger partial charge in [-0.2, -0.15) is 5.10 Å². The number of hydrogen-bond acceptors (Lipinski definition) is 6. The van der Waals surface area contributed by atoms with E-state index in [0.29, 0.717) is 0 Å². The zero-order valence-electron chi connectivity index (χ0n) is 20.2. The number of nitrogens with one attached hydrogen (secondary N) is 3. The predicted molar refractivity (Wildman–Crippen MR) is 143 cm³/mol. The van der Waals surface area contributed by atoms with E-state index in [1.54, 1.807) is 18.5 Å². The normalized spacial score (nSPS) is 17.1. The Hall–Kier alpha value is -4.30. The Bertz CT molecular complexity index is 1610. The minimum atomic E-state index is -0.274. The van der Waals surface area contributed by atoms with Crippen LogP contribution in [0.15, 0.2) is 73.3 Å². The molecule has 2 aliphatic heterocycles. The van der Waals surface area contributed by atoms with Crippen molar-refractivity contribution in [1.29, 1.82) is 0 Å². The Kier molecular flexibility index (Phi) is 5.32. The maximum atomic E-state index is 13.9. The molecule has 0 aliphatic carbocycles. The van der Waals surface area contributed by atoms with E-state index >= 15 is 0 Å². The Balaban J connectivity index is 1.20. The van der Waals surface area contributed by atoms with Gasteiger partial charge in [0.1, 0.15) is 12.0 Å². The summed E-state index contributed by atoms with van der Waals surface area (Å²) in [5.41, 5.74) is 8.63. The van der Waals surface area contributed by atoms with Gasteiger partial charge < -0.3 is 10.6 Å². The van der Waals surface area contributed by atoms with Gasteiger partial charge in [0.05, 0.1) is 28.8 Å². The van der Waals surface area contributed by atoms with Gasteiger partial charge in [0.2, 0.25) is 0 Å². The number of halogens is 1. The summed E-state index contributed by atoms with van der Waals surface area (Å²) >= 11 is 0. The summed E-state index contributed by atoms with van der Waals surface area (Å²) in [5, 5.41) is 15.9. The molecule has 3 aromatic heterocycles. The number of pyridine rings is 2. The molecule has 1 fully saturated rings. The smallest absolute Gasteiger partial charge is 0.141 e. The molecule has 1 atom stereocenters. The molecule has 8 heteroatoms. The third kappa shape index (κ3) is 4.09. The first-order valence-corrected chi connectivity index (χ1v) is 12.6. The summed E-state index contributed by atoms with van der Waals surface area (Å²) in [4.78, 5) is 11.4. The molecule has 0 amide bonds. The second-order valence-electron chi connectivity index (χ2n) is 9.78. The molecule has 2 aromatic carbocycles. The van der Waals surface area contributed by atoms with Crippen LogP contribution in [-0.4, -0.2) is 38.2 Å². The van der Waals surface area contributed by atoms with E-state index in [4.69, 9.17) is 0 Å². The molecule has 7 rings (SSSR count). The van der Waals surface area contributed by atoms with Crippen molar-refractivity contribution in [2.45, 2.75) is 25.6 Å². The van der Waals surface area contributed by atoms with Crippen LogP contribution in [0.4, 0.5) is 15.8 Å². The van der Waals surface area contributed by atoms with Crippen LogP contribution in [-0.2, 0) is 6.54 Å². The monoisotopic (exact) mass is 491 g/mol. The lowest BCUT2D eigenvalue weighted by molar-refractivity contribution is 0.331. The standard InChI is InChI=1S/C29H26FN7/c30-22-5-3-4-20(11-22)24-15-32-16-26-27(24)34-29(33-26)28-23-12-19(6-7-25(23)35-36-28)21-10-18(13-31-14-21)17-37-8-1-2-9-37/h3-7,10-16,29,33-34H,1-2,8-9,17H2,(H,35,36). The SMILES string of the molecule is Fc1cccc(-c2cncc3c2NC(c2[nH]nc4ccc(-c5cncc(CN6CCCC6)c5)cc24)N3)c1. The van der Waals surface area contributed by atoms with Crippen molar-refractivity contribution in [3.63, 3.8) is 0 Å². The highest BCUT2D eigenvalue weighted by Gasteiger charge is 2.27. The van der Waals surface area contributed by atoms with Crippen molar-refractivity contribution < 1.29 is 4.39 Å². The number of hydrogen-bond donors (Lipinski definition) is 3. The van der Waals surface area contributed by atoms with Crippen molar-refractivity contribution in [2.75, 3.05) is 23.7 Å². The lowest BCUT2D eigenvalue weighted by Gasteiger charge is -2.15. The fourth-order valence-corrected chi connectivity index (χ4v) is 5.44. The van der Waals surface area contributed by atoms with Crippen molar-refractivity contribution in [3.8, 4) is 22.3 Å². The molecule has 184 valence electrons. The van der Waals surface area contributed by atoms with Gasteiger partial charge in [-0.25, -0.2) is 4.39 Å². The summed E-state index contributed by atoms with van der Waals surface area (Å²) in [6.07, 6.45) is 9.76. The number of fused-ring (bicyclic) bond motifs is 2. The van der Waals surface area contributed by atoms with Crippen LogP contribution in [0.3, 0.4) is 0 Å². The van der Waals surface area contributed by atoms with E-state index in [2.05, 4.69) is 53.9 Å². The van der Waals surface area contributed by atoms with E-state index in [1.807, 2.05) is 24.5 Å². The molecule has 3 N–H and O–H groups in total. The van der Waals surface area contributed by atoms with E-state index in [-0.39, 0.29) is 12.0 Å². The number of H-pyrrole nitrogens is 1. The van der Waals surface area contributed by atoms with Crippen LogP contribution in [0, 0.1) is 5.82 Å². The maximum Gasteiger partial charge on any atom is 0.141 e. The number of aromatic nitrogens is 4. The molecule has 0 bridgehead atoms. The number of anilines is 2. The van der Waals surface area contributed by atoms with Crippen LogP contribution in [0.2, 0.25) is 0 Å².